The second kappa shape index (κ2) is 5.50. The third-order valence-corrected chi connectivity index (χ3v) is 3.98. The van der Waals surface area contributed by atoms with Crippen LogP contribution in [-0.2, 0) is 10.5 Å². The largest absolute Gasteiger partial charge is 0.444 e. The summed E-state index contributed by atoms with van der Waals surface area (Å²) in [7, 11) is 0. The van der Waals surface area contributed by atoms with Crippen LogP contribution in [-0.4, -0.2) is 27.7 Å². The van der Waals surface area contributed by atoms with Crippen LogP contribution < -0.4 is 0 Å². The molecule has 0 aliphatic carbocycles. The maximum Gasteiger partial charge on any atom is 0.413 e. The number of likely N-dealkylation sites (tertiary alicyclic amines) is 1. The molecule has 21 heavy (non-hydrogen) atoms. The highest BCUT2D eigenvalue weighted by Crippen LogP contribution is 2.43. The molecule has 1 amide bonds. The van der Waals surface area contributed by atoms with Gasteiger partial charge < -0.3 is 9.84 Å². The highest BCUT2D eigenvalue weighted by Gasteiger charge is 2.49. The number of carbonyl (C=O) groups excluding carboxylic acids is 1. The lowest BCUT2D eigenvalue weighted by Crippen LogP contribution is -2.50. The summed E-state index contributed by atoms with van der Waals surface area (Å²) in [4.78, 5) is 13.9. The molecule has 116 valence electrons. The Morgan fingerprint density at radius 3 is 2.62 bits per heavy atom. The Hall–Kier alpha value is -1.26. The van der Waals surface area contributed by atoms with Crippen LogP contribution in [0.25, 0.3) is 0 Å². The van der Waals surface area contributed by atoms with Crippen molar-refractivity contribution in [1.82, 2.24) is 4.90 Å². The highest BCUT2D eigenvalue weighted by molar-refractivity contribution is 6.31. The smallest absolute Gasteiger partial charge is 0.413 e. The molecule has 2 rings (SSSR count). The lowest BCUT2D eigenvalue weighted by atomic mass is 10.00. The molecule has 1 aromatic rings. The number of carbonyl (C=O) groups is 1. The molecule has 0 aromatic heterocycles. The average Bonchev–Trinajstić information content (AvgIpc) is 2.64. The Morgan fingerprint density at radius 1 is 1.43 bits per heavy atom. The number of nitrogens with zero attached hydrogens (tertiary/aromatic N) is 1. The summed E-state index contributed by atoms with van der Waals surface area (Å²) in [5.74, 6) is 0. The van der Waals surface area contributed by atoms with Crippen LogP contribution in [0, 0.1) is 0 Å². The van der Waals surface area contributed by atoms with Crippen LogP contribution in [0.1, 0.15) is 46.1 Å². The molecule has 0 bridgehead atoms. The van der Waals surface area contributed by atoms with Gasteiger partial charge in [0.05, 0.1) is 0 Å². The normalized spacial score (nSPS) is 26.0. The molecule has 1 aromatic carbocycles. The number of aliphatic hydroxyl groups is 1. The topological polar surface area (TPSA) is 49.8 Å². The zero-order valence-corrected chi connectivity index (χ0v) is 13.6. The molecule has 1 unspecified atom stereocenters. The molecule has 1 fully saturated rings. The predicted octanol–water partition coefficient (Wildman–Crippen LogP) is 3.90. The van der Waals surface area contributed by atoms with Gasteiger partial charge in [0.1, 0.15) is 5.60 Å². The van der Waals surface area contributed by atoms with Gasteiger partial charge in [-0.1, -0.05) is 29.8 Å². The van der Waals surface area contributed by atoms with E-state index in [9.17, 15) is 9.90 Å². The Morgan fingerprint density at radius 2 is 2.05 bits per heavy atom. The monoisotopic (exact) mass is 311 g/mol. The standard InChI is InChI=1S/C16H22ClNO3/c1-11-9-10-16(20,12-7-5-6-8-13(12)17)18(11)14(19)21-15(2,3)4/h5-8,11,20H,9-10H2,1-4H3/t11-,16?/m1/s1. The molecule has 2 atom stereocenters. The van der Waals surface area contributed by atoms with Gasteiger partial charge in [-0.2, -0.15) is 0 Å². The first-order valence-corrected chi connectivity index (χ1v) is 7.52. The van der Waals surface area contributed by atoms with Crippen molar-refractivity contribution >= 4 is 17.7 Å². The number of ether oxygens (including phenoxy) is 1. The van der Waals surface area contributed by atoms with E-state index >= 15 is 0 Å². The van der Waals surface area contributed by atoms with Gasteiger partial charge in [-0.15, -0.1) is 0 Å². The van der Waals surface area contributed by atoms with E-state index in [0.29, 0.717) is 23.4 Å². The van der Waals surface area contributed by atoms with Crippen LogP contribution in [0.4, 0.5) is 4.79 Å². The van der Waals surface area contributed by atoms with Crippen molar-refractivity contribution in [2.75, 3.05) is 0 Å². The Kier molecular flexibility index (Phi) is 4.22. The summed E-state index contributed by atoms with van der Waals surface area (Å²) in [5.41, 5.74) is -1.48. The Bertz CT molecular complexity index is 541. The number of hydrogen-bond acceptors (Lipinski definition) is 3. The van der Waals surface area contributed by atoms with Gasteiger partial charge >= 0.3 is 6.09 Å². The summed E-state index contributed by atoms with van der Waals surface area (Å²) in [6.45, 7) is 7.32. The van der Waals surface area contributed by atoms with Crippen molar-refractivity contribution in [2.24, 2.45) is 0 Å². The fourth-order valence-corrected chi connectivity index (χ4v) is 3.00. The first kappa shape index (κ1) is 16.1. The Balaban J connectivity index is 2.38. The fraction of sp³-hybridized carbons (Fsp3) is 0.562. The van der Waals surface area contributed by atoms with Gasteiger partial charge in [0.15, 0.2) is 5.72 Å². The van der Waals surface area contributed by atoms with Gasteiger partial charge in [0.2, 0.25) is 0 Å². The molecule has 5 heteroatoms. The first-order valence-electron chi connectivity index (χ1n) is 7.15. The molecule has 0 spiro atoms. The summed E-state index contributed by atoms with van der Waals surface area (Å²) in [6.07, 6.45) is 0.618. The molecule has 0 saturated carbocycles. The van der Waals surface area contributed by atoms with Gasteiger partial charge in [0, 0.05) is 23.0 Å². The number of halogens is 1. The lowest BCUT2D eigenvalue weighted by Gasteiger charge is -2.37. The molecule has 1 aliphatic heterocycles. The second-order valence-corrected chi connectivity index (χ2v) is 6.94. The van der Waals surface area contributed by atoms with Crippen LogP contribution >= 0.6 is 11.6 Å². The van der Waals surface area contributed by atoms with E-state index in [0.717, 1.165) is 0 Å². The Labute approximate surface area is 130 Å². The van der Waals surface area contributed by atoms with Crippen molar-refractivity contribution in [3.63, 3.8) is 0 Å². The maximum atomic E-state index is 12.5. The van der Waals surface area contributed by atoms with E-state index < -0.39 is 17.4 Å². The van der Waals surface area contributed by atoms with Crippen molar-refractivity contribution in [1.29, 1.82) is 0 Å². The SMILES string of the molecule is C[C@@H]1CCC(O)(c2ccccc2Cl)N1C(=O)OC(C)(C)C. The quantitative estimate of drug-likeness (QED) is 0.855. The van der Waals surface area contributed by atoms with Crippen molar-refractivity contribution in [2.45, 2.75) is 57.9 Å². The fourth-order valence-electron chi connectivity index (χ4n) is 2.72. The predicted molar refractivity (Wildman–Crippen MR) is 82.1 cm³/mol. The summed E-state index contributed by atoms with van der Waals surface area (Å²) < 4.78 is 5.43. The summed E-state index contributed by atoms with van der Waals surface area (Å²) in [6, 6.07) is 6.95. The van der Waals surface area contributed by atoms with E-state index in [-0.39, 0.29) is 6.04 Å². The minimum absolute atomic E-state index is 0.110. The summed E-state index contributed by atoms with van der Waals surface area (Å²) in [5, 5.41) is 11.5. The van der Waals surface area contributed by atoms with E-state index in [2.05, 4.69) is 0 Å². The second-order valence-electron chi connectivity index (χ2n) is 6.53. The number of benzene rings is 1. The zero-order chi connectivity index (χ0) is 15.8. The molecule has 1 heterocycles. The molecule has 1 aliphatic rings. The number of hydrogen-bond donors (Lipinski definition) is 1. The molecule has 4 nitrogen and oxygen atoms in total. The lowest BCUT2D eigenvalue weighted by molar-refractivity contribution is -0.0987. The van der Waals surface area contributed by atoms with E-state index in [1.54, 1.807) is 45.0 Å². The van der Waals surface area contributed by atoms with Crippen molar-refractivity contribution in [3.05, 3.63) is 34.9 Å². The molecule has 1 N–H and O–H groups in total. The molecular formula is C16H22ClNO3. The number of amides is 1. The van der Waals surface area contributed by atoms with E-state index in [1.807, 2.05) is 6.92 Å². The molecular weight excluding hydrogens is 290 g/mol. The summed E-state index contributed by atoms with van der Waals surface area (Å²) >= 11 is 6.21. The van der Waals surface area contributed by atoms with E-state index in [4.69, 9.17) is 16.3 Å². The van der Waals surface area contributed by atoms with Crippen LogP contribution in [0.5, 0.6) is 0 Å². The van der Waals surface area contributed by atoms with Crippen LogP contribution in [0.3, 0.4) is 0 Å². The van der Waals surface area contributed by atoms with Crippen LogP contribution in [0.2, 0.25) is 5.02 Å². The minimum Gasteiger partial charge on any atom is -0.444 e. The zero-order valence-electron chi connectivity index (χ0n) is 12.9. The third-order valence-electron chi connectivity index (χ3n) is 3.65. The minimum atomic E-state index is -1.42. The van der Waals surface area contributed by atoms with E-state index in [1.165, 1.54) is 4.90 Å². The van der Waals surface area contributed by atoms with Gasteiger partial charge in [-0.25, -0.2) is 4.79 Å². The van der Waals surface area contributed by atoms with Crippen LogP contribution in [0.15, 0.2) is 24.3 Å². The third kappa shape index (κ3) is 3.16. The van der Waals surface area contributed by atoms with Gasteiger partial charge in [-0.3, -0.25) is 4.90 Å². The maximum absolute atomic E-state index is 12.5. The van der Waals surface area contributed by atoms with Crippen molar-refractivity contribution in [3.8, 4) is 0 Å². The average molecular weight is 312 g/mol. The van der Waals surface area contributed by atoms with Gasteiger partial charge in [0.25, 0.3) is 0 Å². The first-order chi connectivity index (χ1) is 9.65. The molecule has 1 saturated heterocycles. The highest BCUT2D eigenvalue weighted by atomic mass is 35.5. The van der Waals surface area contributed by atoms with Gasteiger partial charge in [-0.05, 0) is 40.2 Å². The van der Waals surface area contributed by atoms with Crippen molar-refractivity contribution < 1.29 is 14.6 Å². The molecule has 0 radical (unpaired) electrons. The number of rotatable bonds is 1.